The number of benzene rings is 2. The van der Waals surface area contributed by atoms with Crippen molar-refractivity contribution in [2.24, 2.45) is 5.73 Å². The first-order valence-electron chi connectivity index (χ1n) is 5.47. The molecule has 0 saturated heterocycles. The summed E-state index contributed by atoms with van der Waals surface area (Å²) in [5.74, 6) is 0.222. The molecule has 0 spiro atoms. The van der Waals surface area contributed by atoms with Crippen LogP contribution in [0, 0.1) is 5.82 Å². The third kappa shape index (κ3) is 2.47. The fraction of sp³-hybridized carbons (Fsp3) is 0.143. The van der Waals surface area contributed by atoms with Crippen LogP contribution in [-0.2, 0) is 0 Å². The summed E-state index contributed by atoms with van der Waals surface area (Å²) in [6.45, 7) is 0. The monoisotopic (exact) mass is 265 g/mol. The highest BCUT2D eigenvalue weighted by Gasteiger charge is 2.17. The molecule has 2 aromatic carbocycles. The lowest BCUT2D eigenvalue weighted by Gasteiger charge is -2.16. The number of halogens is 2. The topological polar surface area (TPSA) is 35.2 Å². The first-order valence-corrected chi connectivity index (χ1v) is 5.84. The quantitative estimate of drug-likeness (QED) is 0.921. The van der Waals surface area contributed by atoms with Gasteiger partial charge in [0.25, 0.3) is 0 Å². The van der Waals surface area contributed by atoms with Crippen LogP contribution in [-0.4, -0.2) is 7.11 Å². The molecule has 0 bridgehead atoms. The number of ether oxygens (including phenoxy) is 1. The average molecular weight is 266 g/mol. The Morgan fingerprint density at radius 3 is 2.56 bits per heavy atom. The minimum atomic E-state index is -0.585. The number of nitrogens with two attached hydrogens (primary N) is 1. The SMILES string of the molecule is COc1ccccc1C(N)c1ccc(Cl)cc1F. The summed E-state index contributed by atoms with van der Waals surface area (Å²) in [5, 5.41) is 0.350. The molecule has 2 rings (SSSR count). The van der Waals surface area contributed by atoms with Gasteiger partial charge < -0.3 is 10.5 Å². The van der Waals surface area contributed by atoms with E-state index in [0.717, 1.165) is 5.56 Å². The molecule has 4 heteroatoms. The van der Waals surface area contributed by atoms with Gasteiger partial charge in [-0.2, -0.15) is 0 Å². The fourth-order valence-electron chi connectivity index (χ4n) is 1.84. The molecular formula is C14H13ClFNO. The summed E-state index contributed by atoms with van der Waals surface area (Å²) >= 11 is 5.72. The Labute approximate surface area is 110 Å². The standard InChI is InChI=1S/C14H13ClFNO/c1-18-13-5-3-2-4-11(13)14(17)10-7-6-9(15)8-12(10)16/h2-8,14H,17H2,1H3. The van der Waals surface area contributed by atoms with Crippen LogP contribution in [0.5, 0.6) is 5.75 Å². The van der Waals surface area contributed by atoms with Crippen LogP contribution in [0.3, 0.4) is 0 Å². The number of hydrogen-bond acceptors (Lipinski definition) is 2. The number of para-hydroxylation sites is 1. The van der Waals surface area contributed by atoms with Gasteiger partial charge in [0, 0.05) is 16.1 Å². The number of methoxy groups -OCH3 is 1. The Kier molecular flexibility index (Phi) is 3.84. The zero-order valence-electron chi connectivity index (χ0n) is 9.86. The molecule has 0 aliphatic carbocycles. The molecule has 0 fully saturated rings. The van der Waals surface area contributed by atoms with Crippen molar-refractivity contribution in [1.82, 2.24) is 0 Å². The van der Waals surface area contributed by atoms with Crippen molar-refractivity contribution in [2.45, 2.75) is 6.04 Å². The first kappa shape index (κ1) is 12.9. The van der Waals surface area contributed by atoms with E-state index in [1.54, 1.807) is 25.3 Å². The van der Waals surface area contributed by atoms with Gasteiger partial charge in [0.15, 0.2) is 0 Å². The van der Waals surface area contributed by atoms with E-state index in [2.05, 4.69) is 0 Å². The van der Waals surface area contributed by atoms with E-state index in [0.29, 0.717) is 16.3 Å². The summed E-state index contributed by atoms with van der Waals surface area (Å²) in [6.07, 6.45) is 0. The summed E-state index contributed by atoms with van der Waals surface area (Å²) < 4.78 is 19.0. The Hall–Kier alpha value is -1.58. The summed E-state index contributed by atoms with van der Waals surface area (Å²) in [7, 11) is 1.56. The highest BCUT2D eigenvalue weighted by molar-refractivity contribution is 6.30. The second-order valence-corrected chi connectivity index (χ2v) is 4.32. The van der Waals surface area contributed by atoms with Crippen LogP contribution in [0.4, 0.5) is 4.39 Å². The average Bonchev–Trinajstić information content (AvgIpc) is 2.38. The highest BCUT2D eigenvalue weighted by atomic mass is 35.5. The lowest BCUT2D eigenvalue weighted by molar-refractivity contribution is 0.407. The highest BCUT2D eigenvalue weighted by Crippen LogP contribution is 2.30. The molecular weight excluding hydrogens is 253 g/mol. The van der Waals surface area contributed by atoms with E-state index in [1.165, 1.54) is 6.07 Å². The summed E-state index contributed by atoms with van der Waals surface area (Å²) in [6, 6.07) is 11.2. The third-order valence-corrected chi connectivity index (χ3v) is 3.01. The predicted molar refractivity (Wildman–Crippen MR) is 70.4 cm³/mol. The van der Waals surface area contributed by atoms with Crippen molar-refractivity contribution in [3.05, 3.63) is 64.4 Å². The van der Waals surface area contributed by atoms with Crippen molar-refractivity contribution in [3.8, 4) is 5.75 Å². The normalized spacial score (nSPS) is 12.2. The summed E-state index contributed by atoms with van der Waals surface area (Å²) in [4.78, 5) is 0. The molecule has 0 aliphatic heterocycles. The molecule has 18 heavy (non-hydrogen) atoms. The van der Waals surface area contributed by atoms with Gasteiger partial charge in [-0.1, -0.05) is 35.9 Å². The number of rotatable bonds is 3. The maximum atomic E-state index is 13.8. The van der Waals surface area contributed by atoms with Crippen molar-refractivity contribution < 1.29 is 9.13 Å². The van der Waals surface area contributed by atoms with Crippen LogP contribution in [0.25, 0.3) is 0 Å². The van der Waals surface area contributed by atoms with Gasteiger partial charge in [0.2, 0.25) is 0 Å². The van der Waals surface area contributed by atoms with E-state index < -0.39 is 11.9 Å². The molecule has 0 aliphatic rings. The van der Waals surface area contributed by atoms with Crippen LogP contribution in [0.2, 0.25) is 5.02 Å². The van der Waals surface area contributed by atoms with Gasteiger partial charge in [0.05, 0.1) is 13.2 Å². The second kappa shape index (κ2) is 5.38. The Morgan fingerprint density at radius 2 is 1.89 bits per heavy atom. The fourth-order valence-corrected chi connectivity index (χ4v) is 2.00. The minimum absolute atomic E-state index is 0.350. The molecule has 0 radical (unpaired) electrons. The lowest BCUT2D eigenvalue weighted by atomic mass is 9.98. The Balaban J connectivity index is 2.44. The van der Waals surface area contributed by atoms with E-state index >= 15 is 0 Å². The van der Waals surface area contributed by atoms with Crippen LogP contribution < -0.4 is 10.5 Å². The molecule has 94 valence electrons. The largest absolute Gasteiger partial charge is 0.496 e. The van der Waals surface area contributed by atoms with Crippen molar-refractivity contribution in [2.75, 3.05) is 7.11 Å². The van der Waals surface area contributed by atoms with Crippen LogP contribution in [0.15, 0.2) is 42.5 Å². The van der Waals surface area contributed by atoms with Crippen LogP contribution in [0.1, 0.15) is 17.2 Å². The first-order chi connectivity index (χ1) is 8.63. The molecule has 1 unspecified atom stereocenters. The Bertz CT molecular complexity index is 559. The molecule has 2 nitrogen and oxygen atoms in total. The molecule has 0 amide bonds. The van der Waals surface area contributed by atoms with E-state index in [9.17, 15) is 4.39 Å². The molecule has 0 heterocycles. The second-order valence-electron chi connectivity index (χ2n) is 3.89. The predicted octanol–water partition coefficient (Wildman–Crippen LogP) is 3.54. The summed E-state index contributed by atoms with van der Waals surface area (Å²) in [5.41, 5.74) is 7.21. The maximum absolute atomic E-state index is 13.8. The number of hydrogen-bond donors (Lipinski definition) is 1. The van der Waals surface area contributed by atoms with E-state index in [1.807, 2.05) is 18.2 Å². The smallest absolute Gasteiger partial charge is 0.129 e. The maximum Gasteiger partial charge on any atom is 0.129 e. The van der Waals surface area contributed by atoms with E-state index in [-0.39, 0.29) is 0 Å². The third-order valence-electron chi connectivity index (χ3n) is 2.77. The molecule has 2 N–H and O–H groups in total. The van der Waals surface area contributed by atoms with Gasteiger partial charge in [-0.25, -0.2) is 4.39 Å². The van der Waals surface area contributed by atoms with Gasteiger partial charge in [-0.15, -0.1) is 0 Å². The van der Waals surface area contributed by atoms with Gasteiger partial charge in [-0.05, 0) is 18.2 Å². The van der Waals surface area contributed by atoms with Gasteiger partial charge in [-0.3, -0.25) is 0 Å². The van der Waals surface area contributed by atoms with Crippen molar-refractivity contribution in [3.63, 3.8) is 0 Å². The zero-order valence-corrected chi connectivity index (χ0v) is 10.6. The Morgan fingerprint density at radius 1 is 1.17 bits per heavy atom. The van der Waals surface area contributed by atoms with Gasteiger partial charge in [0.1, 0.15) is 11.6 Å². The minimum Gasteiger partial charge on any atom is -0.496 e. The molecule has 2 aromatic rings. The zero-order chi connectivity index (χ0) is 13.1. The lowest BCUT2D eigenvalue weighted by Crippen LogP contribution is -2.14. The molecule has 1 atom stereocenters. The van der Waals surface area contributed by atoms with E-state index in [4.69, 9.17) is 22.1 Å². The van der Waals surface area contributed by atoms with Crippen molar-refractivity contribution in [1.29, 1.82) is 0 Å². The van der Waals surface area contributed by atoms with Crippen LogP contribution >= 0.6 is 11.6 Å². The molecule has 0 saturated carbocycles. The van der Waals surface area contributed by atoms with Gasteiger partial charge >= 0.3 is 0 Å². The molecule has 0 aromatic heterocycles. The van der Waals surface area contributed by atoms with Crippen molar-refractivity contribution >= 4 is 11.6 Å².